The second kappa shape index (κ2) is 8.52. The van der Waals surface area contributed by atoms with E-state index in [-0.39, 0.29) is 17.7 Å². The highest BCUT2D eigenvalue weighted by Gasteiger charge is 2.40. The number of nitrogens with zero attached hydrogens (tertiary/aromatic N) is 1. The first-order valence-electron chi connectivity index (χ1n) is 8.60. The SMILES string of the molecule is O=C(NCCCN1CCOCC1)[C@H]1Cc2ccccc2[C@H]1C(Cl)Cl. The molecule has 132 valence electrons. The Morgan fingerprint density at radius 2 is 2.04 bits per heavy atom. The number of alkyl halides is 2. The van der Waals surface area contributed by atoms with E-state index in [2.05, 4.69) is 16.3 Å². The smallest absolute Gasteiger partial charge is 0.224 e. The third-order valence-electron chi connectivity index (χ3n) is 4.95. The summed E-state index contributed by atoms with van der Waals surface area (Å²) >= 11 is 12.4. The minimum atomic E-state index is -0.572. The number of morpholine rings is 1. The van der Waals surface area contributed by atoms with Gasteiger partial charge < -0.3 is 10.1 Å². The van der Waals surface area contributed by atoms with Crippen LogP contribution >= 0.6 is 23.2 Å². The number of nitrogens with one attached hydrogen (secondary N) is 1. The second-order valence-electron chi connectivity index (χ2n) is 6.47. The van der Waals surface area contributed by atoms with Crippen molar-refractivity contribution in [3.63, 3.8) is 0 Å². The van der Waals surface area contributed by atoms with Crippen LogP contribution in [0.3, 0.4) is 0 Å². The molecule has 1 aliphatic carbocycles. The highest BCUT2D eigenvalue weighted by Crippen LogP contribution is 2.43. The van der Waals surface area contributed by atoms with Crippen LogP contribution in [0.1, 0.15) is 23.5 Å². The van der Waals surface area contributed by atoms with Crippen molar-refractivity contribution in [3.8, 4) is 0 Å². The van der Waals surface area contributed by atoms with Crippen molar-refractivity contribution in [2.45, 2.75) is 23.6 Å². The number of fused-ring (bicyclic) bond motifs is 1. The molecule has 24 heavy (non-hydrogen) atoms. The van der Waals surface area contributed by atoms with Gasteiger partial charge in [0.05, 0.1) is 19.1 Å². The van der Waals surface area contributed by atoms with Crippen LogP contribution in [-0.4, -0.2) is 55.0 Å². The van der Waals surface area contributed by atoms with Crippen molar-refractivity contribution in [2.24, 2.45) is 5.92 Å². The molecule has 2 aliphatic rings. The van der Waals surface area contributed by atoms with Gasteiger partial charge >= 0.3 is 0 Å². The summed E-state index contributed by atoms with van der Waals surface area (Å²) in [5, 5.41) is 3.07. The third kappa shape index (κ3) is 4.23. The molecular weight excluding hydrogens is 347 g/mol. The lowest BCUT2D eigenvalue weighted by Crippen LogP contribution is -2.39. The molecule has 4 nitrogen and oxygen atoms in total. The third-order valence-corrected chi connectivity index (χ3v) is 5.49. The average Bonchev–Trinajstić information content (AvgIpc) is 2.99. The molecule has 0 saturated carbocycles. The summed E-state index contributed by atoms with van der Waals surface area (Å²) in [5.41, 5.74) is 2.29. The van der Waals surface area contributed by atoms with Crippen molar-refractivity contribution >= 4 is 29.1 Å². The van der Waals surface area contributed by atoms with E-state index in [1.54, 1.807) is 0 Å². The molecule has 1 aromatic rings. The predicted molar refractivity (Wildman–Crippen MR) is 96.8 cm³/mol. The van der Waals surface area contributed by atoms with Crippen LogP contribution < -0.4 is 5.32 Å². The van der Waals surface area contributed by atoms with E-state index >= 15 is 0 Å². The highest BCUT2D eigenvalue weighted by atomic mass is 35.5. The molecule has 1 N–H and O–H groups in total. The largest absolute Gasteiger partial charge is 0.379 e. The Morgan fingerprint density at radius 1 is 1.29 bits per heavy atom. The lowest BCUT2D eigenvalue weighted by atomic mass is 9.93. The molecule has 1 saturated heterocycles. The number of hydrogen-bond donors (Lipinski definition) is 1. The number of hydrogen-bond acceptors (Lipinski definition) is 3. The minimum Gasteiger partial charge on any atom is -0.379 e. The van der Waals surface area contributed by atoms with Gasteiger partial charge in [-0.25, -0.2) is 0 Å². The molecule has 1 fully saturated rings. The summed E-state index contributed by atoms with van der Waals surface area (Å²) in [6.45, 7) is 5.25. The first-order valence-corrected chi connectivity index (χ1v) is 9.48. The van der Waals surface area contributed by atoms with Gasteiger partial charge in [-0.1, -0.05) is 24.3 Å². The van der Waals surface area contributed by atoms with Gasteiger partial charge in [-0.2, -0.15) is 0 Å². The molecule has 0 radical (unpaired) electrons. The van der Waals surface area contributed by atoms with Gasteiger partial charge in [0.25, 0.3) is 0 Å². The van der Waals surface area contributed by atoms with Gasteiger partial charge in [0.15, 0.2) is 0 Å². The first-order chi connectivity index (χ1) is 11.7. The number of halogens is 2. The van der Waals surface area contributed by atoms with Crippen molar-refractivity contribution in [3.05, 3.63) is 35.4 Å². The van der Waals surface area contributed by atoms with E-state index in [9.17, 15) is 4.79 Å². The fraction of sp³-hybridized carbons (Fsp3) is 0.611. The topological polar surface area (TPSA) is 41.6 Å². The first kappa shape index (κ1) is 18.0. The van der Waals surface area contributed by atoms with Gasteiger partial charge in [-0.3, -0.25) is 9.69 Å². The fourth-order valence-electron chi connectivity index (χ4n) is 3.66. The summed E-state index contributed by atoms with van der Waals surface area (Å²) in [6, 6.07) is 8.06. The zero-order chi connectivity index (χ0) is 16.9. The molecular formula is C18H24Cl2N2O2. The Hall–Kier alpha value is -0.810. The van der Waals surface area contributed by atoms with Crippen molar-refractivity contribution in [2.75, 3.05) is 39.4 Å². The number of carbonyl (C=O) groups is 1. The van der Waals surface area contributed by atoms with Crippen LogP contribution in [0.25, 0.3) is 0 Å². The Bertz CT molecular complexity index is 562. The van der Waals surface area contributed by atoms with Crippen molar-refractivity contribution in [1.82, 2.24) is 10.2 Å². The number of benzene rings is 1. The Balaban J connectivity index is 1.49. The van der Waals surface area contributed by atoms with Gasteiger partial charge in [0.2, 0.25) is 5.91 Å². The standard InChI is InChI=1S/C18H24Cl2N2O2/c19-17(20)16-14-5-2-1-4-13(14)12-15(16)18(23)21-6-3-7-22-8-10-24-11-9-22/h1-2,4-5,15-17H,3,6-12H2,(H,21,23)/t15-,16+/m0/s1. The number of rotatable bonds is 6. The van der Waals surface area contributed by atoms with E-state index in [4.69, 9.17) is 27.9 Å². The molecule has 1 amide bonds. The molecule has 2 atom stereocenters. The van der Waals surface area contributed by atoms with E-state index in [1.807, 2.05) is 18.2 Å². The van der Waals surface area contributed by atoms with Gasteiger partial charge in [-0.05, 0) is 30.5 Å². The Morgan fingerprint density at radius 3 is 2.79 bits per heavy atom. The number of amides is 1. The van der Waals surface area contributed by atoms with E-state index in [1.165, 1.54) is 5.56 Å². The molecule has 3 rings (SSSR count). The molecule has 1 aliphatic heterocycles. The lowest BCUT2D eigenvalue weighted by molar-refractivity contribution is -0.125. The quantitative estimate of drug-likeness (QED) is 0.617. The average molecular weight is 371 g/mol. The van der Waals surface area contributed by atoms with Crippen LogP contribution in [0.15, 0.2) is 24.3 Å². The zero-order valence-electron chi connectivity index (χ0n) is 13.7. The summed E-state index contributed by atoms with van der Waals surface area (Å²) in [7, 11) is 0. The molecule has 6 heteroatoms. The molecule has 1 aromatic carbocycles. The van der Waals surface area contributed by atoms with E-state index in [0.717, 1.165) is 44.8 Å². The molecule has 1 heterocycles. The Kier molecular flexibility index (Phi) is 6.39. The zero-order valence-corrected chi connectivity index (χ0v) is 15.2. The fourth-order valence-corrected chi connectivity index (χ4v) is 4.29. The summed E-state index contributed by atoms with van der Waals surface area (Å²) in [6.07, 6.45) is 1.66. The van der Waals surface area contributed by atoms with Crippen LogP contribution in [0.5, 0.6) is 0 Å². The van der Waals surface area contributed by atoms with Gasteiger partial charge in [-0.15, -0.1) is 23.2 Å². The molecule has 0 unspecified atom stereocenters. The lowest BCUT2D eigenvalue weighted by Gasteiger charge is -2.26. The van der Waals surface area contributed by atoms with E-state index < -0.39 is 4.84 Å². The summed E-state index contributed by atoms with van der Waals surface area (Å²) in [4.78, 5) is 14.4. The second-order valence-corrected chi connectivity index (χ2v) is 7.63. The Labute approximate surface area is 153 Å². The van der Waals surface area contributed by atoms with Crippen LogP contribution in [0, 0.1) is 5.92 Å². The maximum atomic E-state index is 12.6. The van der Waals surface area contributed by atoms with E-state index in [0.29, 0.717) is 13.0 Å². The van der Waals surface area contributed by atoms with Crippen LogP contribution in [0.2, 0.25) is 0 Å². The maximum absolute atomic E-state index is 12.6. The summed E-state index contributed by atoms with van der Waals surface area (Å²) < 4.78 is 5.34. The number of ether oxygens (including phenoxy) is 1. The molecule has 0 bridgehead atoms. The summed E-state index contributed by atoms with van der Waals surface area (Å²) in [5.74, 6) is -0.237. The van der Waals surface area contributed by atoms with Crippen molar-refractivity contribution in [1.29, 1.82) is 0 Å². The van der Waals surface area contributed by atoms with Crippen molar-refractivity contribution < 1.29 is 9.53 Å². The highest BCUT2D eigenvalue weighted by molar-refractivity contribution is 6.45. The molecule has 0 spiro atoms. The predicted octanol–water partition coefficient (Wildman–Crippen LogP) is 2.58. The minimum absolute atomic E-state index is 0.0597. The maximum Gasteiger partial charge on any atom is 0.224 e. The van der Waals surface area contributed by atoms with Gasteiger partial charge in [0.1, 0.15) is 4.84 Å². The van der Waals surface area contributed by atoms with Crippen LogP contribution in [-0.2, 0) is 16.0 Å². The monoisotopic (exact) mass is 370 g/mol. The van der Waals surface area contributed by atoms with Gasteiger partial charge in [0, 0.05) is 25.6 Å². The van der Waals surface area contributed by atoms with Crippen LogP contribution in [0.4, 0.5) is 0 Å². The number of carbonyl (C=O) groups excluding carboxylic acids is 1. The molecule has 0 aromatic heterocycles. The normalized spacial score (nSPS) is 24.1.